The summed E-state index contributed by atoms with van der Waals surface area (Å²) in [4.78, 5) is 23.5. The number of amides is 2. The van der Waals surface area contributed by atoms with Crippen LogP contribution >= 0.6 is 0 Å². The molecule has 0 bridgehead atoms. The topological polar surface area (TPSA) is 63.1 Å². The fourth-order valence-corrected chi connectivity index (χ4v) is 3.77. The molecular formula is C21H25N5O. The SMILES string of the molecule is Cn1c(CC2CCN(C(=O)NCCc3ccccc3)C2)nc2cccnc21. The standard InChI is InChI=1S/C21H25N5O/c1-25-19(24-18-8-5-11-22-20(18)25)14-17-10-13-26(15-17)21(27)23-12-9-16-6-3-2-4-7-16/h2-8,11,17H,9-10,12-15H2,1H3,(H,23,27). The molecule has 2 aromatic heterocycles. The molecule has 1 aliphatic rings. The second-order valence-electron chi connectivity index (χ2n) is 7.21. The number of urea groups is 1. The summed E-state index contributed by atoms with van der Waals surface area (Å²) in [5.74, 6) is 1.49. The minimum Gasteiger partial charge on any atom is -0.338 e. The Kier molecular flexibility index (Phi) is 5.05. The van der Waals surface area contributed by atoms with Crippen molar-refractivity contribution in [3.8, 4) is 0 Å². The number of hydrogen-bond acceptors (Lipinski definition) is 3. The molecule has 0 radical (unpaired) electrons. The molecule has 0 spiro atoms. The predicted octanol–water partition coefficient (Wildman–Crippen LogP) is 2.79. The molecule has 1 aromatic carbocycles. The van der Waals surface area contributed by atoms with Gasteiger partial charge in [0.2, 0.25) is 0 Å². The zero-order valence-corrected chi connectivity index (χ0v) is 15.6. The van der Waals surface area contributed by atoms with Crippen molar-refractivity contribution < 1.29 is 4.79 Å². The molecule has 6 heteroatoms. The number of likely N-dealkylation sites (tertiary alicyclic amines) is 1. The van der Waals surface area contributed by atoms with E-state index in [4.69, 9.17) is 4.98 Å². The third-order valence-corrected chi connectivity index (χ3v) is 5.30. The van der Waals surface area contributed by atoms with Crippen LogP contribution in [-0.2, 0) is 19.9 Å². The number of imidazole rings is 1. The lowest BCUT2D eigenvalue weighted by molar-refractivity contribution is 0.207. The minimum atomic E-state index is 0.0418. The maximum Gasteiger partial charge on any atom is 0.317 e. The van der Waals surface area contributed by atoms with Crippen LogP contribution < -0.4 is 5.32 Å². The van der Waals surface area contributed by atoms with Gasteiger partial charge in [-0.05, 0) is 36.5 Å². The fourth-order valence-electron chi connectivity index (χ4n) is 3.77. The highest BCUT2D eigenvalue weighted by Gasteiger charge is 2.27. The highest BCUT2D eigenvalue weighted by atomic mass is 16.2. The van der Waals surface area contributed by atoms with E-state index in [1.807, 2.05) is 42.3 Å². The number of rotatable bonds is 5. The van der Waals surface area contributed by atoms with Crippen LogP contribution in [0.1, 0.15) is 17.8 Å². The number of pyridine rings is 1. The van der Waals surface area contributed by atoms with Crippen LogP contribution in [0.2, 0.25) is 0 Å². The van der Waals surface area contributed by atoms with Gasteiger partial charge in [0, 0.05) is 39.3 Å². The van der Waals surface area contributed by atoms with Crippen LogP contribution in [0.5, 0.6) is 0 Å². The average Bonchev–Trinajstić information content (AvgIpc) is 3.28. The Labute approximate surface area is 159 Å². The molecule has 6 nitrogen and oxygen atoms in total. The third kappa shape index (κ3) is 3.94. The van der Waals surface area contributed by atoms with Crippen molar-refractivity contribution in [3.63, 3.8) is 0 Å². The summed E-state index contributed by atoms with van der Waals surface area (Å²) in [7, 11) is 2.01. The van der Waals surface area contributed by atoms with E-state index in [9.17, 15) is 4.79 Å². The lowest BCUT2D eigenvalue weighted by Crippen LogP contribution is -2.39. The molecule has 1 N–H and O–H groups in total. The highest BCUT2D eigenvalue weighted by molar-refractivity contribution is 5.74. The summed E-state index contributed by atoms with van der Waals surface area (Å²) in [6.07, 6.45) is 4.55. The van der Waals surface area contributed by atoms with E-state index in [1.54, 1.807) is 6.20 Å². The summed E-state index contributed by atoms with van der Waals surface area (Å²) in [5.41, 5.74) is 3.09. The van der Waals surface area contributed by atoms with Crippen LogP contribution in [-0.4, -0.2) is 45.1 Å². The number of aryl methyl sites for hydroxylation is 1. The summed E-state index contributed by atoms with van der Waals surface area (Å²) in [6, 6.07) is 14.2. The second kappa shape index (κ2) is 7.78. The van der Waals surface area contributed by atoms with Crippen molar-refractivity contribution in [3.05, 3.63) is 60.0 Å². The van der Waals surface area contributed by atoms with Crippen LogP contribution in [0, 0.1) is 5.92 Å². The van der Waals surface area contributed by atoms with Crippen LogP contribution in [0.15, 0.2) is 48.7 Å². The molecule has 2 amide bonds. The Morgan fingerprint density at radius 1 is 1.22 bits per heavy atom. The van der Waals surface area contributed by atoms with Crippen molar-refractivity contribution in [2.75, 3.05) is 19.6 Å². The molecule has 1 atom stereocenters. The summed E-state index contributed by atoms with van der Waals surface area (Å²) < 4.78 is 2.07. The molecule has 1 fully saturated rings. The average molecular weight is 363 g/mol. The number of fused-ring (bicyclic) bond motifs is 1. The van der Waals surface area contributed by atoms with Gasteiger partial charge in [0.1, 0.15) is 11.3 Å². The number of carbonyl (C=O) groups excluding carboxylic acids is 1. The van der Waals surface area contributed by atoms with E-state index in [1.165, 1.54) is 5.56 Å². The molecule has 0 saturated carbocycles. The largest absolute Gasteiger partial charge is 0.338 e. The lowest BCUT2D eigenvalue weighted by Gasteiger charge is -2.17. The van der Waals surface area contributed by atoms with E-state index in [0.29, 0.717) is 12.5 Å². The van der Waals surface area contributed by atoms with Crippen LogP contribution in [0.3, 0.4) is 0 Å². The van der Waals surface area contributed by atoms with E-state index in [-0.39, 0.29) is 6.03 Å². The summed E-state index contributed by atoms with van der Waals surface area (Å²) in [6.45, 7) is 2.26. The molecule has 0 aliphatic carbocycles. The number of nitrogens with one attached hydrogen (secondary N) is 1. The first kappa shape index (κ1) is 17.5. The number of aromatic nitrogens is 3. The van der Waals surface area contributed by atoms with Gasteiger partial charge in [-0.15, -0.1) is 0 Å². The molecule has 1 aliphatic heterocycles. The van der Waals surface area contributed by atoms with Gasteiger partial charge in [0.25, 0.3) is 0 Å². The molecule has 3 heterocycles. The fraction of sp³-hybridized carbons (Fsp3) is 0.381. The van der Waals surface area contributed by atoms with Crippen molar-refractivity contribution >= 4 is 17.2 Å². The monoisotopic (exact) mass is 363 g/mol. The number of benzene rings is 1. The van der Waals surface area contributed by atoms with Crippen LogP contribution in [0.4, 0.5) is 4.79 Å². The molecule has 4 rings (SSSR count). The normalized spacial score (nSPS) is 16.8. The van der Waals surface area contributed by atoms with E-state index in [2.05, 4.69) is 27.0 Å². The smallest absolute Gasteiger partial charge is 0.317 e. The quantitative estimate of drug-likeness (QED) is 0.758. The minimum absolute atomic E-state index is 0.0418. The van der Waals surface area contributed by atoms with Gasteiger partial charge in [-0.1, -0.05) is 30.3 Å². The maximum absolute atomic E-state index is 12.4. The Balaban J connectivity index is 1.29. The molecule has 3 aromatic rings. The Bertz CT molecular complexity index is 921. The first-order valence-electron chi connectivity index (χ1n) is 9.54. The van der Waals surface area contributed by atoms with Crippen molar-refractivity contribution in [1.29, 1.82) is 0 Å². The summed E-state index contributed by atoms with van der Waals surface area (Å²) in [5, 5.41) is 3.05. The van der Waals surface area contributed by atoms with Gasteiger partial charge < -0.3 is 14.8 Å². The van der Waals surface area contributed by atoms with Crippen molar-refractivity contribution in [2.45, 2.75) is 19.3 Å². The molecule has 1 unspecified atom stereocenters. The van der Waals surface area contributed by atoms with Crippen molar-refractivity contribution in [2.24, 2.45) is 13.0 Å². The first-order valence-corrected chi connectivity index (χ1v) is 9.54. The number of carbonyl (C=O) groups is 1. The van der Waals surface area contributed by atoms with E-state index in [0.717, 1.165) is 49.3 Å². The maximum atomic E-state index is 12.4. The number of hydrogen-bond donors (Lipinski definition) is 1. The van der Waals surface area contributed by atoms with Gasteiger partial charge in [0.05, 0.1) is 0 Å². The van der Waals surface area contributed by atoms with Gasteiger partial charge >= 0.3 is 6.03 Å². The molecule has 1 saturated heterocycles. The molecule has 140 valence electrons. The van der Waals surface area contributed by atoms with E-state index >= 15 is 0 Å². The lowest BCUT2D eigenvalue weighted by atomic mass is 10.0. The zero-order chi connectivity index (χ0) is 18.6. The predicted molar refractivity (Wildman–Crippen MR) is 105 cm³/mol. The zero-order valence-electron chi connectivity index (χ0n) is 15.6. The molecular weight excluding hydrogens is 338 g/mol. The molecule has 27 heavy (non-hydrogen) atoms. The van der Waals surface area contributed by atoms with Gasteiger partial charge in [-0.25, -0.2) is 14.8 Å². The highest BCUT2D eigenvalue weighted by Crippen LogP contribution is 2.22. The second-order valence-corrected chi connectivity index (χ2v) is 7.21. The van der Waals surface area contributed by atoms with Gasteiger partial charge in [0.15, 0.2) is 5.65 Å². The Morgan fingerprint density at radius 2 is 2.07 bits per heavy atom. The Morgan fingerprint density at radius 3 is 2.89 bits per heavy atom. The third-order valence-electron chi connectivity index (χ3n) is 5.30. The Hall–Kier alpha value is -2.89. The first-order chi connectivity index (χ1) is 13.2. The van der Waals surface area contributed by atoms with Crippen LogP contribution in [0.25, 0.3) is 11.2 Å². The van der Waals surface area contributed by atoms with Gasteiger partial charge in [-0.3, -0.25) is 0 Å². The van der Waals surface area contributed by atoms with E-state index < -0.39 is 0 Å². The van der Waals surface area contributed by atoms with Crippen molar-refractivity contribution in [1.82, 2.24) is 24.8 Å². The number of nitrogens with zero attached hydrogens (tertiary/aromatic N) is 4. The van der Waals surface area contributed by atoms with Gasteiger partial charge in [-0.2, -0.15) is 0 Å². The summed E-state index contributed by atoms with van der Waals surface area (Å²) >= 11 is 0.